The molecule has 1 saturated heterocycles. The number of aromatic nitrogens is 3. The number of hydrogen-bond acceptors (Lipinski definition) is 4. The minimum absolute atomic E-state index is 0.0610. The lowest BCUT2D eigenvalue weighted by atomic mass is 9.90. The van der Waals surface area contributed by atoms with Crippen molar-refractivity contribution in [3.8, 4) is 5.69 Å². The Morgan fingerprint density at radius 1 is 0.974 bits per heavy atom. The smallest absolute Gasteiger partial charge is 0.317 e. The van der Waals surface area contributed by atoms with Crippen molar-refractivity contribution in [2.75, 3.05) is 18.4 Å². The van der Waals surface area contributed by atoms with Gasteiger partial charge in [-0.3, -0.25) is 9.78 Å². The topological polar surface area (TPSA) is 92.2 Å². The van der Waals surface area contributed by atoms with Crippen molar-refractivity contribution in [1.82, 2.24) is 24.8 Å². The first-order valence-electron chi connectivity index (χ1n) is 13.0. The van der Waals surface area contributed by atoms with Gasteiger partial charge >= 0.3 is 6.03 Å². The SMILES string of the molecule is Cc1ccc(C(=O)Nc2ccc(-n3ccnc3)cc2)c(C2CCN(C(=O)NC(C)c3ccccc3)CC2)n1. The zero-order chi connectivity index (χ0) is 26.5. The molecule has 0 spiro atoms. The van der Waals surface area contributed by atoms with E-state index in [9.17, 15) is 9.59 Å². The van der Waals surface area contributed by atoms with Crippen LogP contribution in [0, 0.1) is 6.92 Å². The Bertz CT molecular complexity index is 1380. The number of benzene rings is 2. The van der Waals surface area contributed by atoms with Gasteiger partial charge < -0.3 is 20.1 Å². The second-order valence-electron chi connectivity index (χ2n) is 9.70. The number of rotatable bonds is 6. The molecule has 0 aliphatic carbocycles. The van der Waals surface area contributed by atoms with Gasteiger partial charge in [-0.15, -0.1) is 0 Å². The number of nitrogens with zero attached hydrogens (tertiary/aromatic N) is 4. The molecule has 0 saturated carbocycles. The maximum Gasteiger partial charge on any atom is 0.317 e. The summed E-state index contributed by atoms with van der Waals surface area (Å²) < 4.78 is 1.91. The fourth-order valence-electron chi connectivity index (χ4n) is 4.86. The van der Waals surface area contributed by atoms with Gasteiger partial charge in [-0.1, -0.05) is 30.3 Å². The van der Waals surface area contributed by atoms with E-state index in [1.807, 2.05) is 96.2 Å². The maximum absolute atomic E-state index is 13.3. The number of amides is 3. The standard InChI is InChI=1S/C30H32N6O2/c1-21-8-13-27(29(37)34-25-9-11-26(12-10-25)36-19-16-31-20-36)28(32-21)24-14-17-35(18-15-24)30(38)33-22(2)23-6-4-3-5-7-23/h3-13,16,19-20,22,24H,14-15,17-18H2,1-2H3,(H,33,38)(H,34,37). The number of imidazole rings is 1. The van der Waals surface area contributed by atoms with Crippen LogP contribution in [0.5, 0.6) is 0 Å². The number of nitrogens with one attached hydrogen (secondary N) is 2. The van der Waals surface area contributed by atoms with Crippen molar-refractivity contribution in [3.63, 3.8) is 0 Å². The lowest BCUT2D eigenvalue weighted by Crippen LogP contribution is -2.45. The summed E-state index contributed by atoms with van der Waals surface area (Å²) in [7, 11) is 0. The van der Waals surface area contributed by atoms with Gasteiger partial charge in [0.1, 0.15) is 0 Å². The monoisotopic (exact) mass is 508 g/mol. The molecule has 2 aromatic heterocycles. The molecule has 0 bridgehead atoms. The summed E-state index contributed by atoms with van der Waals surface area (Å²) in [6, 6.07) is 21.2. The van der Waals surface area contributed by atoms with Crippen LogP contribution in [-0.4, -0.2) is 44.5 Å². The van der Waals surface area contributed by atoms with E-state index in [0.717, 1.165) is 35.5 Å². The van der Waals surface area contributed by atoms with Gasteiger partial charge in [0.15, 0.2) is 0 Å². The van der Waals surface area contributed by atoms with Crippen LogP contribution < -0.4 is 10.6 Å². The Hall–Kier alpha value is -4.46. The van der Waals surface area contributed by atoms with Crippen molar-refractivity contribution in [3.05, 3.63) is 108 Å². The van der Waals surface area contributed by atoms with Gasteiger partial charge in [0, 0.05) is 48.5 Å². The average Bonchev–Trinajstić information content (AvgIpc) is 3.49. The van der Waals surface area contributed by atoms with Gasteiger partial charge in [-0.25, -0.2) is 9.78 Å². The van der Waals surface area contributed by atoms with Crippen molar-refractivity contribution in [1.29, 1.82) is 0 Å². The molecule has 0 radical (unpaired) electrons. The number of likely N-dealkylation sites (tertiary alicyclic amines) is 1. The van der Waals surface area contributed by atoms with Gasteiger partial charge in [0.25, 0.3) is 5.91 Å². The predicted octanol–water partition coefficient (Wildman–Crippen LogP) is 5.48. The molecule has 4 aromatic rings. The summed E-state index contributed by atoms with van der Waals surface area (Å²) >= 11 is 0. The van der Waals surface area contributed by atoms with Crippen molar-refractivity contribution < 1.29 is 9.59 Å². The highest BCUT2D eigenvalue weighted by Crippen LogP contribution is 2.30. The number of pyridine rings is 1. The predicted molar refractivity (Wildman–Crippen MR) is 147 cm³/mol. The van der Waals surface area contributed by atoms with Crippen LogP contribution >= 0.6 is 0 Å². The second kappa shape index (κ2) is 11.3. The summed E-state index contributed by atoms with van der Waals surface area (Å²) in [6.07, 6.45) is 6.84. The van der Waals surface area contributed by atoms with Crippen LogP contribution in [-0.2, 0) is 0 Å². The van der Waals surface area contributed by atoms with Crippen LogP contribution in [0.15, 0.2) is 85.5 Å². The van der Waals surface area contributed by atoms with Gasteiger partial charge in [-0.2, -0.15) is 0 Å². The third-order valence-corrected chi connectivity index (χ3v) is 7.04. The molecular weight excluding hydrogens is 476 g/mol. The van der Waals surface area contributed by atoms with Crippen LogP contribution in [0.3, 0.4) is 0 Å². The zero-order valence-electron chi connectivity index (χ0n) is 21.7. The molecular formula is C30H32N6O2. The highest BCUT2D eigenvalue weighted by atomic mass is 16.2. The zero-order valence-corrected chi connectivity index (χ0v) is 21.7. The minimum Gasteiger partial charge on any atom is -0.331 e. The van der Waals surface area contributed by atoms with Crippen LogP contribution in [0.2, 0.25) is 0 Å². The Labute approximate surface area is 222 Å². The summed E-state index contributed by atoms with van der Waals surface area (Å²) in [4.78, 5) is 36.9. The Morgan fingerprint density at radius 2 is 1.71 bits per heavy atom. The molecule has 1 atom stereocenters. The fraction of sp³-hybridized carbons (Fsp3) is 0.267. The second-order valence-corrected chi connectivity index (χ2v) is 9.70. The lowest BCUT2D eigenvalue weighted by molar-refractivity contribution is 0.102. The first-order chi connectivity index (χ1) is 18.5. The van der Waals surface area contributed by atoms with Crippen LogP contribution in [0.25, 0.3) is 5.69 Å². The van der Waals surface area contributed by atoms with Crippen LogP contribution in [0.1, 0.15) is 59.0 Å². The Kier molecular flexibility index (Phi) is 7.49. The molecule has 1 unspecified atom stereocenters. The molecule has 5 rings (SSSR count). The first-order valence-corrected chi connectivity index (χ1v) is 13.0. The van der Waals surface area contributed by atoms with E-state index in [-0.39, 0.29) is 23.9 Å². The molecule has 2 N–H and O–H groups in total. The van der Waals surface area contributed by atoms with Crippen molar-refractivity contribution in [2.24, 2.45) is 0 Å². The quantitative estimate of drug-likeness (QED) is 0.361. The number of urea groups is 1. The fourth-order valence-corrected chi connectivity index (χ4v) is 4.86. The number of carbonyl (C=O) groups is 2. The highest BCUT2D eigenvalue weighted by molar-refractivity contribution is 6.05. The molecule has 8 heteroatoms. The normalized spacial score (nSPS) is 14.6. The minimum atomic E-state index is -0.181. The van der Waals surface area contributed by atoms with Crippen molar-refractivity contribution in [2.45, 2.75) is 38.6 Å². The van der Waals surface area contributed by atoms with E-state index in [1.54, 1.807) is 12.5 Å². The first kappa shape index (κ1) is 25.2. The van der Waals surface area contributed by atoms with Gasteiger partial charge in [0.2, 0.25) is 0 Å². The number of carbonyl (C=O) groups excluding carboxylic acids is 2. The summed E-state index contributed by atoms with van der Waals surface area (Å²) in [6.45, 7) is 5.16. The number of aryl methyl sites for hydroxylation is 1. The average molecular weight is 509 g/mol. The Balaban J connectivity index is 1.23. The lowest BCUT2D eigenvalue weighted by Gasteiger charge is -2.33. The largest absolute Gasteiger partial charge is 0.331 e. The third-order valence-electron chi connectivity index (χ3n) is 7.04. The highest BCUT2D eigenvalue weighted by Gasteiger charge is 2.28. The molecule has 1 aliphatic rings. The van der Waals surface area contributed by atoms with Gasteiger partial charge in [-0.05, 0) is 68.7 Å². The molecule has 8 nitrogen and oxygen atoms in total. The molecule has 3 heterocycles. The van der Waals surface area contributed by atoms with E-state index < -0.39 is 0 Å². The summed E-state index contributed by atoms with van der Waals surface area (Å²) in [5.41, 5.74) is 5.01. The Morgan fingerprint density at radius 3 is 2.39 bits per heavy atom. The van der Waals surface area contributed by atoms with E-state index in [1.165, 1.54) is 0 Å². The van der Waals surface area contributed by atoms with Crippen molar-refractivity contribution >= 4 is 17.6 Å². The molecule has 1 aliphatic heterocycles. The van der Waals surface area contributed by atoms with Gasteiger partial charge in [0.05, 0.1) is 23.6 Å². The summed E-state index contributed by atoms with van der Waals surface area (Å²) in [5.74, 6) is -0.0744. The van der Waals surface area contributed by atoms with Crippen LogP contribution in [0.4, 0.5) is 10.5 Å². The molecule has 3 amide bonds. The maximum atomic E-state index is 13.3. The van der Waals surface area contributed by atoms with E-state index in [0.29, 0.717) is 24.3 Å². The van der Waals surface area contributed by atoms with E-state index in [4.69, 9.17) is 4.98 Å². The molecule has 194 valence electrons. The third kappa shape index (κ3) is 5.75. The molecule has 38 heavy (non-hydrogen) atoms. The van der Waals surface area contributed by atoms with E-state index >= 15 is 0 Å². The van der Waals surface area contributed by atoms with E-state index in [2.05, 4.69) is 15.6 Å². The molecule has 2 aromatic carbocycles. The number of anilines is 1. The molecule has 1 fully saturated rings. The number of piperidine rings is 1. The summed E-state index contributed by atoms with van der Waals surface area (Å²) in [5, 5.41) is 6.12. The number of hydrogen-bond donors (Lipinski definition) is 2.